The second-order valence-corrected chi connectivity index (χ2v) is 4.30. The van der Waals surface area contributed by atoms with Gasteiger partial charge in [-0.3, -0.25) is 0 Å². The fourth-order valence-electron chi connectivity index (χ4n) is 1.16. The average Bonchev–Trinajstić information content (AvgIpc) is 2.17. The molecule has 2 nitrogen and oxygen atoms in total. The molecule has 0 bridgehead atoms. The number of benzene rings is 1. The quantitative estimate of drug-likeness (QED) is 0.838. The zero-order valence-corrected chi connectivity index (χ0v) is 11.0. The van der Waals surface area contributed by atoms with Crippen molar-refractivity contribution >= 4 is 35.0 Å². The SMILES string of the molecule is CC[C@@H](O)[C@@H](N)c1ccc(I)cc1.Cl. The molecule has 0 amide bonds. The van der Waals surface area contributed by atoms with Gasteiger partial charge in [0.1, 0.15) is 0 Å². The first-order chi connectivity index (χ1) is 6.15. The summed E-state index contributed by atoms with van der Waals surface area (Å²) in [6.45, 7) is 1.93. The molecule has 0 spiro atoms. The van der Waals surface area contributed by atoms with Crippen molar-refractivity contribution in [2.75, 3.05) is 0 Å². The summed E-state index contributed by atoms with van der Waals surface area (Å²) in [5.74, 6) is 0. The summed E-state index contributed by atoms with van der Waals surface area (Å²) in [5.41, 5.74) is 6.84. The van der Waals surface area contributed by atoms with E-state index in [1.165, 1.54) is 3.57 Å². The minimum absolute atomic E-state index is 0. The van der Waals surface area contributed by atoms with E-state index < -0.39 is 6.10 Å². The molecule has 4 heteroatoms. The van der Waals surface area contributed by atoms with E-state index in [0.29, 0.717) is 6.42 Å². The standard InChI is InChI=1S/C10H14INO.ClH/c1-2-9(13)10(12)7-3-5-8(11)6-4-7;/h3-6,9-10,13H,2,12H2,1H3;1H/t9-,10+;/m1./s1. The summed E-state index contributed by atoms with van der Waals surface area (Å²) in [7, 11) is 0. The molecule has 0 unspecified atom stereocenters. The number of halogens is 2. The Morgan fingerprint density at radius 3 is 2.29 bits per heavy atom. The number of nitrogens with two attached hydrogens (primary N) is 1. The molecule has 0 aromatic heterocycles. The van der Waals surface area contributed by atoms with Crippen LogP contribution in [0.2, 0.25) is 0 Å². The van der Waals surface area contributed by atoms with Gasteiger partial charge in [0.25, 0.3) is 0 Å². The lowest BCUT2D eigenvalue weighted by Crippen LogP contribution is -2.25. The molecule has 1 rings (SSSR count). The molecule has 0 saturated heterocycles. The first-order valence-electron chi connectivity index (χ1n) is 4.34. The molecule has 0 aliphatic rings. The van der Waals surface area contributed by atoms with Crippen LogP contribution in [-0.4, -0.2) is 11.2 Å². The van der Waals surface area contributed by atoms with Crippen LogP contribution in [0.5, 0.6) is 0 Å². The summed E-state index contributed by atoms with van der Waals surface area (Å²) < 4.78 is 1.18. The highest BCUT2D eigenvalue weighted by Crippen LogP contribution is 2.17. The van der Waals surface area contributed by atoms with E-state index in [9.17, 15) is 5.11 Å². The Labute approximate surface area is 104 Å². The average molecular weight is 328 g/mol. The third-order valence-corrected chi connectivity index (χ3v) is 2.81. The highest BCUT2D eigenvalue weighted by molar-refractivity contribution is 14.1. The van der Waals surface area contributed by atoms with Gasteiger partial charge in [-0.15, -0.1) is 12.4 Å². The van der Waals surface area contributed by atoms with Gasteiger partial charge in [0.15, 0.2) is 0 Å². The van der Waals surface area contributed by atoms with Crippen molar-refractivity contribution in [3.8, 4) is 0 Å². The maximum atomic E-state index is 9.52. The van der Waals surface area contributed by atoms with Crippen LogP contribution in [0.25, 0.3) is 0 Å². The second-order valence-electron chi connectivity index (χ2n) is 3.05. The lowest BCUT2D eigenvalue weighted by molar-refractivity contribution is 0.140. The highest BCUT2D eigenvalue weighted by Gasteiger charge is 2.13. The Morgan fingerprint density at radius 2 is 1.86 bits per heavy atom. The Morgan fingerprint density at radius 1 is 1.36 bits per heavy atom. The number of hydrogen-bond donors (Lipinski definition) is 2. The molecule has 0 aliphatic carbocycles. The van der Waals surface area contributed by atoms with E-state index in [4.69, 9.17) is 5.73 Å². The normalized spacial score (nSPS) is 14.3. The maximum absolute atomic E-state index is 9.52. The van der Waals surface area contributed by atoms with E-state index in [1.54, 1.807) is 0 Å². The molecular weight excluding hydrogens is 312 g/mol. The first kappa shape index (κ1) is 14.2. The zero-order valence-electron chi connectivity index (χ0n) is 7.98. The number of aliphatic hydroxyl groups is 1. The largest absolute Gasteiger partial charge is 0.391 e. The number of rotatable bonds is 3. The monoisotopic (exact) mass is 327 g/mol. The molecule has 2 atom stereocenters. The van der Waals surface area contributed by atoms with Gasteiger partial charge < -0.3 is 10.8 Å². The molecule has 1 aromatic rings. The zero-order chi connectivity index (χ0) is 9.84. The second kappa shape index (κ2) is 6.61. The Balaban J connectivity index is 0.00000169. The third-order valence-electron chi connectivity index (χ3n) is 2.09. The van der Waals surface area contributed by atoms with E-state index in [2.05, 4.69) is 22.6 Å². The van der Waals surface area contributed by atoms with Crippen LogP contribution in [-0.2, 0) is 0 Å². The molecule has 14 heavy (non-hydrogen) atoms. The van der Waals surface area contributed by atoms with Crippen molar-refractivity contribution in [2.45, 2.75) is 25.5 Å². The highest BCUT2D eigenvalue weighted by atomic mass is 127. The predicted molar refractivity (Wildman–Crippen MR) is 69.6 cm³/mol. The van der Waals surface area contributed by atoms with E-state index >= 15 is 0 Å². The van der Waals surface area contributed by atoms with Gasteiger partial charge in [-0.2, -0.15) is 0 Å². The van der Waals surface area contributed by atoms with Crippen molar-refractivity contribution in [3.63, 3.8) is 0 Å². The van der Waals surface area contributed by atoms with Gasteiger partial charge in [0.2, 0.25) is 0 Å². The van der Waals surface area contributed by atoms with Crippen LogP contribution in [0.1, 0.15) is 24.9 Å². The van der Waals surface area contributed by atoms with Crippen molar-refractivity contribution in [1.29, 1.82) is 0 Å². The predicted octanol–water partition coefficient (Wildman–Crippen LogP) is 2.48. The number of hydrogen-bond acceptors (Lipinski definition) is 2. The maximum Gasteiger partial charge on any atom is 0.0730 e. The van der Waals surface area contributed by atoms with Crippen LogP contribution < -0.4 is 5.73 Å². The van der Waals surface area contributed by atoms with Crippen LogP contribution in [0.15, 0.2) is 24.3 Å². The smallest absolute Gasteiger partial charge is 0.0730 e. The van der Waals surface area contributed by atoms with Crippen molar-refractivity contribution in [2.24, 2.45) is 5.73 Å². The van der Waals surface area contributed by atoms with Gasteiger partial charge >= 0.3 is 0 Å². The molecule has 80 valence electrons. The lowest BCUT2D eigenvalue weighted by Gasteiger charge is -2.17. The topological polar surface area (TPSA) is 46.2 Å². The van der Waals surface area contributed by atoms with E-state index in [0.717, 1.165) is 5.56 Å². The van der Waals surface area contributed by atoms with E-state index in [1.807, 2.05) is 31.2 Å². The Hall–Kier alpha value is 0.160. The molecule has 3 N–H and O–H groups in total. The molecule has 0 heterocycles. The minimum atomic E-state index is -0.444. The van der Waals surface area contributed by atoms with Gasteiger partial charge in [-0.1, -0.05) is 19.1 Å². The molecule has 0 saturated carbocycles. The van der Waals surface area contributed by atoms with E-state index in [-0.39, 0.29) is 18.4 Å². The van der Waals surface area contributed by atoms with Gasteiger partial charge in [-0.25, -0.2) is 0 Å². The molecule has 0 fully saturated rings. The van der Waals surface area contributed by atoms with Crippen LogP contribution in [0, 0.1) is 3.57 Å². The Kier molecular flexibility index (Phi) is 6.68. The van der Waals surface area contributed by atoms with Gasteiger partial charge in [0.05, 0.1) is 12.1 Å². The van der Waals surface area contributed by atoms with Crippen molar-refractivity contribution < 1.29 is 5.11 Å². The molecule has 1 aromatic carbocycles. The molecule has 0 aliphatic heterocycles. The van der Waals surface area contributed by atoms with Gasteiger partial charge in [-0.05, 0) is 46.7 Å². The Bertz CT molecular complexity index is 265. The van der Waals surface area contributed by atoms with Crippen molar-refractivity contribution in [1.82, 2.24) is 0 Å². The molecule has 0 radical (unpaired) electrons. The van der Waals surface area contributed by atoms with Crippen LogP contribution in [0.3, 0.4) is 0 Å². The van der Waals surface area contributed by atoms with Gasteiger partial charge in [0, 0.05) is 3.57 Å². The summed E-state index contributed by atoms with van der Waals surface area (Å²) in [6.07, 6.45) is 0.243. The molecular formula is C10H15ClINO. The summed E-state index contributed by atoms with van der Waals surface area (Å²) in [4.78, 5) is 0. The lowest BCUT2D eigenvalue weighted by atomic mass is 10.0. The fourth-order valence-corrected chi connectivity index (χ4v) is 1.52. The van der Waals surface area contributed by atoms with Crippen LogP contribution in [0.4, 0.5) is 0 Å². The van der Waals surface area contributed by atoms with Crippen molar-refractivity contribution in [3.05, 3.63) is 33.4 Å². The minimum Gasteiger partial charge on any atom is -0.391 e. The third kappa shape index (κ3) is 3.73. The fraction of sp³-hybridized carbons (Fsp3) is 0.400. The van der Waals surface area contributed by atoms with Crippen LogP contribution >= 0.6 is 35.0 Å². The number of aliphatic hydroxyl groups excluding tert-OH is 1. The first-order valence-corrected chi connectivity index (χ1v) is 5.42. The summed E-state index contributed by atoms with van der Waals surface area (Å²) in [5, 5.41) is 9.52. The summed E-state index contributed by atoms with van der Waals surface area (Å²) >= 11 is 2.24. The summed E-state index contributed by atoms with van der Waals surface area (Å²) in [6, 6.07) is 7.66.